The van der Waals surface area contributed by atoms with Crippen molar-refractivity contribution in [3.05, 3.63) is 35.2 Å². The summed E-state index contributed by atoms with van der Waals surface area (Å²) in [7, 11) is 0. The molecule has 3 aromatic rings. The number of nitrogens with zero attached hydrogens (tertiary/aromatic N) is 4. The van der Waals surface area contributed by atoms with E-state index in [9.17, 15) is 4.39 Å². The SMILES string of the molecule is CC1(Nc2ncc3nc(Nc4cc(Cl)ccc4F)n(C4CCCCC4)c3n2)CCOCC1. The van der Waals surface area contributed by atoms with Crippen LogP contribution in [0, 0.1) is 5.82 Å². The van der Waals surface area contributed by atoms with Crippen LogP contribution >= 0.6 is 11.6 Å². The van der Waals surface area contributed by atoms with Gasteiger partial charge in [-0.2, -0.15) is 4.98 Å². The molecule has 1 saturated carbocycles. The lowest BCUT2D eigenvalue weighted by Gasteiger charge is -2.34. The highest BCUT2D eigenvalue weighted by atomic mass is 35.5. The van der Waals surface area contributed by atoms with Gasteiger partial charge in [0.1, 0.15) is 11.3 Å². The molecule has 7 nitrogen and oxygen atoms in total. The van der Waals surface area contributed by atoms with E-state index in [1.807, 2.05) is 0 Å². The van der Waals surface area contributed by atoms with E-state index in [4.69, 9.17) is 26.3 Å². The van der Waals surface area contributed by atoms with Crippen molar-refractivity contribution in [2.24, 2.45) is 0 Å². The third kappa shape index (κ3) is 4.38. The van der Waals surface area contributed by atoms with Gasteiger partial charge in [0.05, 0.1) is 11.9 Å². The van der Waals surface area contributed by atoms with Crippen LogP contribution in [-0.2, 0) is 4.74 Å². The quantitative estimate of drug-likeness (QED) is 0.499. The Morgan fingerprint density at radius 2 is 1.94 bits per heavy atom. The maximum Gasteiger partial charge on any atom is 0.225 e. The average molecular weight is 459 g/mol. The normalized spacial score (nSPS) is 19.2. The lowest BCUT2D eigenvalue weighted by Crippen LogP contribution is -2.41. The Morgan fingerprint density at radius 1 is 1.16 bits per heavy atom. The second-order valence-electron chi connectivity index (χ2n) is 9.05. The Hall–Kier alpha value is -2.45. The van der Waals surface area contributed by atoms with Crippen LogP contribution in [0.5, 0.6) is 0 Å². The van der Waals surface area contributed by atoms with Gasteiger partial charge in [-0.05, 0) is 50.8 Å². The van der Waals surface area contributed by atoms with Crippen LogP contribution < -0.4 is 10.6 Å². The molecule has 0 radical (unpaired) electrons. The Morgan fingerprint density at radius 3 is 2.72 bits per heavy atom. The molecule has 170 valence electrons. The number of hydrogen-bond donors (Lipinski definition) is 2. The van der Waals surface area contributed by atoms with E-state index in [0.717, 1.165) is 57.4 Å². The van der Waals surface area contributed by atoms with Crippen LogP contribution in [0.3, 0.4) is 0 Å². The van der Waals surface area contributed by atoms with Crippen molar-refractivity contribution >= 4 is 40.3 Å². The predicted molar refractivity (Wildman–Crippen MR) is 124 cm³/mol. The predicted octanol–water partition coefficient (Wildman–Crippen LogP) is 5.85. The molecule has 2 N–H and O–H groups in total. The summed E-state index contributed by atoms with van der Waals surface area (Å²) in [5.74, 6) is 0.772. The van der Waals surface area contributed by atoms with E-state index >= 15 is 0 Å². The topological polar surface area (TPSA) is 76.9 Å². The summed E-state index contributed by atoms with van der Waals surface area (Å²) in [6.45, 7) is 3.63. The van der Waals surface area contributed by atoms with Crippen molar-refractivity contribution < 1.29 is 9.13 Å². The van der Waals surface area contributed by atoms with E-state index in [1.165, 1.54) is 18.6 Å². The molecule has 1 aromatic carbocycles. The van der Waals surface area contributed by atoms with Gasteiger partial charge < -0.3 is 15.4 Å². The molecule has 3 heterocycles. The van der Waals surface area contributed by atoms with Crippen LogP contribution in [0.1, 0.15) is 57.9 Å². The lowest BCUT2D eigenvalue weighted by atomic mass is 9.93. The molecule has 0 unspecified atom stereocenters. The number of fused-ring (bicyclic) bond motifs is 1. The van der Waals surface area contributed by atoms with Crippen molar-refractivity contribution in [2.45, 2.75) is 63.5 Å². The summed E-state index contributed by atoms with van der Waals surface area (Å²) in [4.78, 5) is 14.1. The minimum atomic E-state index is -0.377. The van der Waals surface area contributed by atoms with Gasteiger partial charge in [0, 0.05) is 29.8 Å². The molecule has 0 amide bonds. The third-order valence-electron chi connectivity index (χ3n) is 6.56. The van der Waals surface area contributed by atoms with Crippen molar-refractivity contribution in [3.63, 3.8) is 0 Å². The Bertz CT molecular complexity index is 1110. The molecule has 32 heavy (non-hydrogen) atoms. The lowest BCUT2D eigenvalue weighted by molar-refractivity contribution is 0.0656. The number of rotatable bonds is 5. The van der Waals surface area contributed by atoms with E-state index in [1.54, 1.807) is 12.3 Å². The molecule has 1 aliphatic carbocycles. The zero-order chi connectivity index (χ0) is 22.1. The molecule has 2 aromatic heterocycles. The number of imidazole rings is 1. The Balaban J connectivity index is 1.54. The van der Waals surface area contributed by atoms with E-state index < -0.39 is 0 Å². The summed E-state index contributed by atoms with van der Waals surface area (Å²) in [5.41, 5.74) is 1.64. The summed E-state index contributed by atoms with van der Waals surface area (Å²) in [6.07, 6.45) is 9.17. The Kier molecular flexibility index (Phi) is 5.90. The second kappa shape index (κ2) is 8.83. The smallest absolute Gasteiger partial charge is 0.225 e. The summed E-state index contributed by atoms with van der Waals surface area (Å²) in [6, 6.07) is 4.72. The molecular weight excluding hydrogens is 431 g/mol. The van der Waals surface area contributed by atoms with Crippen LogP contribution in [0.25, 0.3) is 11.2 Å². The molecule has 1 aliphatic heterocycles. The van der Waals surface area contributed by atoms with Gasteiger partial charge >= 0.3 is 0 Å². The zero-order valence-corrected chi connectivity index (χ0v) is 19.0. The van der Waals surface area contributed by atoms with Crippen LogP contribution in [0.2, 0.25) is 5.02 Å². The van der Waals surface area contributed by atoms with Gasteiger partial charge in [-0.3, -0.25) is 4.57 Å². The fraction of sp³-hybridized carbons (Fsp3) is 0.522. The molecule has 1 saturated heterocycles. The van der Waals surface area contributed by atoms with Crippen LogP contribution in [-0.4, -0.2) is 38.3 Å². The van der Waals surface area contributed by atoms with Gasteiger partial charge in [-0.1, -0.05) is 30.9 Å². The maximum atomic E-state index is 14.4. The molecule has 0 atom stereocenters. The zero-order valence-electron chi connectivity index (χ0n) is 18.2. The van der Waals surface area contributed by atoms with E-state index in [0.29, 0.717) is 28.1 Å². The first kappa shape index (κ1) is 21.4. The van der Waals surface area contributed by atoms with Crippen molar-refractivity contribution in [3.8, 4) is 0 Å². The molecule has 2 aliphatic rings. The highest BCUT2D eigenvalue weighted by Crippen LogP contribution is 2.35. The standard InChI is InChI=1S/C23H28ClFN6O/c1-23(9-11-32-12-10-23)30-21-26-14-19-20(29-21)31(16-5-3-2-4-6-16)22(28-19)27-18-13-15(24)7-8-17(18)25/h7-8,13-14,16H,2-6,9-12H2,1H3,(H,27,28)(H,26,29,30). The van der Waals surface area contributed by atoms with Crippen LogP contribution in [0.4, 0.5) is 22.0 Å². The van der Waals surface area contributed by atoms with Gasteiger partial charge in [-0.15, -0.1) is 0 Å². The molecule has 0 bridgehead atoms. The van der Waals surface area contributed by atoms with E-state index in [-0.39, 0.29) is 17.4 Å². The summed E-state index contributed by atoms with van der Waals surface area (Å²) < 4.78 is 22.1. The van der Waals surface area contributed by atoms with Crippen molar-refractivity contribution in [1.82, 2.24) is 19.5 Å². The number of halogens is 2. The van der Waals surface area contributed by atoms with Gasteiger partial charge in [0.2, 0.25) is 11.9 Å². The number of ether oxygens (including phenoxy) is 1. The third-order valence-corrected chi connectivity index (χ3v) is 6.79. The van der Waals surface area contributed by atoms with Gasteiger partial charge in [-0.25, -0.2) is 14.4 Å². The molecular formula is C23H28ClFN6O. The maximum absolute atomic E-state index is 14.4. The Labute approximate surface area is 191 Å². The first-order valence-electron chi connectivity index (χ1n) is 11.3. The highest BCUT2D eigenvalue weighted by Gasteiger charge is 2.29. The average Bonchev–Trinajstić information content (AvgIpc) is 3.14. The van der Waals surface area contributed by atoms with Gasteiger partial charge in [0.15, 0.2) is 5.65 Å². The molecule has 0 spiro atoms. The molecule has 5 rings (SSSR count). The van der Waals surface area contributed by atoms with Gasteiger partial charge in [0.25, 0.3) is 0 Å². The largest absolute Gasteiger partial charge is 0.381 e. The minimum absolute atomic E-state index is 0.105. The van der Waals surface area contributed by atoms with Crippen molar-refractivity contribution in [1.29, 1.82) is 0 Å². The monoisotopic (exact) mass is 458 g/mol. The fourth-order valence-electron chi connectivity index (χ4n) is 4.65. The highest BCUT2D eigenvalue weighted by molar-refractivity contribution is 6.30. The fourth-order valence-corrected chi connectivity index (χ4v) is 4.83. The van der Waals surface area contributed by atoms with Crippen molar-refractivity contribution in [2.75, 3.05) is 23.8 Å². The number of aromatic nitrogens is 4. The van der Waals surface area contributed by atoms with Crippen LogP contribution in [0.15, 0.2) is 24.4 Å². The second-order valence-corrected chi connectivity index (χ2v) is 9.48. The first-order valence-corrected chi connectivity index (χ1v) is 11.7. The molecule has 2 fully saturated rings. The molecule has 9 heteroatoms. The number of nitrogens with one attached hydrogen (secondary N) is 2. The summed E-state index contributed by atoms with van der Waals surface area (Å²) in [5, 5.41) is 7.14. The minimum Gasteiger partial charge on any atom is -0.381 e. The number of hydrogen-bond acceptors (Lipinski definition) is 6. The number of benzene rings is 1. The van der Waals surface area contributed by atoms with E-state index in [2.05, 4.69) is 27.1 Å². The number of anilines is 3. The summed E-state index contributed by atoms with van der Waals surface area (Å²) >= 11 is 6.10. The first-order chi connectivity index (χ1) is 15.5.